The maximum Gasteiger partial charge on any atom is 0.298 e. The summed E-state index contributed by atoms with van der Waals surface area (Å²) >= 11 is 3.20. The van der Waals surface area contributed by atoms with Gasteiger partial charge in [-0.2, -0.15) is 0 Å². The Morgan fingerprint density at radius 2 is 2.10 bits per heavy atom. The van der Waals surface area contributed by atoms with Crippen LogP contribution in [0.1, 0.15) is 5.76 Å². The fraction of sp³-hybridized carbons (Fsp3) is 0.143. The van der Waals surface area contributed by atoms with Gasteiger partial charge in [-0.15, -0.1) is 0 Å². The summed E-state index contributed by atoms with van der Waals surface area (Å²) in [5, 5.41) is 1.00. The fourth-order valence-electron chi connectivity index (χ4n) is 0.933. The van der Waals surface area contributed by atoms with Crippen molar-refractivity contribution in [1.82, 2.24) is 0 Å². The zero-order chi connectivity index (χ0) is 7.14. The Kier molecular flexibility index (Phi) is 1.14. The predicted molar refractivity (Wildman–Crippen MR) is 40.9 cm³/mol. The number of halogens is 1. The Bertz CT molecular complexity index is 295. The van der Waals surface area contributed by atoms with Crippen molar-refractivity contribution in [2.75, 3.05) is 0 Å². The van der Waals surface area contributed by atoms with Crippen LogP contribution in [0.4, 0.5) is 0 Å². The van der Waals surface area contributed by atoms with Crippen LogP contribution in [0.5, 0.6) is 0 Å². The van der Waals surface area contributed by atoms with Crippen molar-refractivity contribution in [1.29, 1.82) is 0 Å². The molecule has 0 atom stereocenters. The summed E-state index contributed by atoms with van der Waals surface area (Å²) in [7, 11) is 0. The molecule has 0 unspecified atom stereocenters. The quantitative estimate of drug-likeness (QED) is 0.654. The highest BCUT2D eigenvalue weighted by molar-refractivity contribution is 9.10. The Morgan fingerprint density at radius 1 is 1.30 bits per heavy atom. The van der Waals surface area contributed by atoms with Gasteiger partial charge in [0.05, 0.1) is 5.39 Å². The lowest BCUT2D eigenvalue weighted by Gasteiger charge is -1.77. The van der Waals surface area contributed by atoms with E-state index < -0.39 is 0 Å². The average molecular weight is 201 g/mol. The van der Waals surface area contributed by atoms with Gasteiger partial charge in [0, 0.05) is 6.07 Å². The fourth-order valence-corrected chi connectivity index (χ4v) is 1.33. The SMILES string of the molecule is Cc1cc2cc(Br)oc2o1. The van der Waals surface area contributed by atoms with E-state index in [-0.39, 0.29) is 0 Å². The molecular weight excluding hydrogens is 196 g/mol. The van der Waals surface area contributed by atoms with E-state index in [1.54, 1.807) is 0 Å². The number of rotatable bonds is 0. The Balaban J connectivity index is 2.83. The minimum Gasteiger partial charge on any atom is -0.430 e. The van der Waals surface area contributed by atoms with Gasteiger partial charge in [0.25, 0.3) is 5.78 Å². The van der Waals surface area contributed by atoms with E-state index in [0.29, 0.717) is 10.4 Å². The summed E-state index contributed by atoms with van der Waals surface area (Å²) in [5.74, 6) is 1.46. The average Bonchev–Trinajstić information content (AvgIpc) is 2.21. The van der Waals surface area contributed by atoms with E-state index in [9.17, 15) is 0 Å². The van der Waals surface area contributed by atoms with Gasteiger partial charge < -0.3 is 8.83 Å². The van der Waals surface area contributed by atoms with Gasteiger partial charge >= 0.3 is 0 Å². The van der Waals surface area contributed by atoms with Gasteiger partial charge in [-0.25, -0.2) is 0 Å². The molecule has 0 fully saturated rings. The molecule has 0 aliphatic carbocycles. The summed E-state index contributed by atoms with van der Waals surface area (Å²) in [6.45, 7) is 1.89. The van der Waals surface area contributed by atoms with E-state index in [2.05, 4.69) is 15.9 Å². The molecule has 2 aromatic rings. The lowest BCUT2D eigenvalue weighted by molar-refractivity contribution is 0.451. The predicted octanol–water partition coefficient (Wildman–Crippen LogP) is 3.10. The third kappa shape index (κ3) is 0.778. The molecule has 0 bridgehead atoms. The van der Waals surface area contributed by atoms with Crippen LogP contribution >= 0.6 is 15.9 Å². The molecule has 0 aliphatic heterocycles. The van der Waals surface area contributed by atoms with Gasteiger partial charge in [0.1, 0.15) is 5.76 Å². The minimum atomic E-state index is 0.587. The second kappa shape index (κ2) is 1.89. The molecule has 52 valence electrons. The molecule has 0 saturated heterocycles. The summed E-state index contributed by atoms with van der Waals surface area (Å²) in [6.07, 6.45) is 0. The summed E-state index contributed by atoms with van der Waals surface area (Å²) in [6, 6.07) is 3.81. The van der Waals surface area contributed by atoms with Crippen molar-refractivity contribution in [2.24, 2.45) is 0 Å². The van der Waals surface area contributed by atoms with E-state index in [1.807, 2.05) is 19.1 Å². The van der Waals surface area contributed by atoms with Crippen LogP contribution in [-0.2, 0) is 0 Å². The molecule has 2 nitrogen and oxygen atoms in total. The largest absolute Gasteiger partial charge is 0.430 e. The molecule has 0 radical (unpaired) electrons. The first-order valence-corrected chi connectivity index (χ1v) is 3.70. The molecule has 0 amide bonds. The summed E-state index contributed by atoms with van der Waals surface area (Å²) in [4.78, 5) is 0. The van der Waals surface area contributed by atoms with Crippen LogP contribution in [-0.4, -0.2) is 0 Å². The highest BCUT2D eigenvalue weighted by Gasteiger charge is 2.04. The zero-order valence-electron chi connectivity index (χ0n) is 5.35. The second-order valence-electron chi connectivity index (χ2n) is 2.15. The summed E-state index contributed by atoms with van der Waals surface area (Å²) < 4.78 is 11.0. The lowest BCUT2D eigenvalue weighted by atomic mass is 10.4. The normalized spacial score (nSPS) is 11.0. The number of hydrogen-bond donors (Lipinski definition) is 0. The van der Waals surface area contributed by atoms with Crippen molar-refractivity contribution in [3.63, 3.8) is 0 Å². The van der Waals surface area contributed by atoms with Crippen LogP contribution in [0.15, 0.2) is 25.6 Å². The topological polar surface area (TPSA) is 26.3 Å². The van der Waals surface area contributed by atoms with Crippen LogP contribution < -0.4 is 0 Å². The van der Waals surface area contributed by atoms with Gasteiger partial charge in [0.2, 0.25) is 0 Å². The minimum absolute atomic E-state index is 0.587. The zero-order valence-corrected chi connectivity index (χ0v) is 6.94. The first-order chi connectivity index (χ1) is 4.75. The highest BCUT2D eigenvalue weighted by atomic mass is 79.9. The number of hydrogen-bond acceptors (Lipinski definition) is 2. The first-order valence-electron chi connectivity index (χ1n) is 2.91. The highest BCUT2D eigenvalue weighted by Crippen LogP contribution is 2.25. The Labute approximate surface area is 65.9 Å². The van der Waals surface area contributed by atoms with Gasteiger partial charge in [-0.1, -0.05) is 0 Å². The monoisotopic (exact) mass is 200 g/mol. The molecule has 3 heteroatoms. The third-order valence-electron chi connectivity index (χ3n) is 1.31. The lowest BCUT2D eigenvalue weighted by Crippen LogP contribution is -1.53. The first kappa shape index (κ1) is 6.04. The Morgan fingerprint density at radius 3 is 2.80 bits per heavy atom. The standard InChI is InChI=1S/C7H5BrO2/c1-4-2-5-3-6(8)10-7(5)9-4/h2-3H,1H3. The van der Waals surface area contributed by atoms with Crippen LogP contribution in [0, 0.1) is 6.92 Å². The van der Waals surface area contributed by atoms with Crippen LogP contribution in [0.3, 0.4) is 0 Å². The molecular formula is C7H5BrO2. The third-order valence-corrected chi connectivity index (χ3v) is 1.70. The maximum atomic E-state index is 5.19. The van der Waals surface area contributed by atoms with Crippen LogP contribution in [0.2, 0.25) is 0 Å². The van der Waals surface area contributed by atoms with Crippen molar-refractivity contribution in [2.45, 2.75) is 6.92 Å². The number of aryl methyl sites for hydroxylation is 1. The smallest absolute Gasteiger partial charge is 0.298 e. The maximum absolute atomic E-state index is 5.19. The van der Waals surface area contributed by atoms with Crippen molar-refractivity contribution in [3.8, 4) is 0 Å². The molecule has 0 saturated carbocycles. The van der Waals surface area contributed by atoms with Crippen LogP contribution in [0.25, 0.3) is 11.2 Å². The van der Waals surface area contributed by atoms with Crippen molar-refractivity contribution >= 4 is 27.1 Å². The molecule has 2 heterocycles. The number of fused-ring (bicyclic) bond motifs is 1. The van der Waals surface area contributed by atoms with Gasteiger partial charge in [-0.3, -0.25) is 0 Å². The molecule has 2 aromatic heterocycles. The van der Waals surface area contributed by atoms with Crippen molar-refractivity contribution in [3.05, 3.63) is 22.6 Å². The summed E-state index contributed by atoms with van der Waals surface area (Å²) in [5.41, 5.74) is 0. The molecule has 0 aromatic carbocycles. The van der Waals surface area contributed by atoms with E-state index >= 15 is 0 Å². The molecule has 10 heavy (non-hydrogen) atoms. The van der Waals surface area contributed by atoms with E-state index in [0.717, 1.165) is 11.1 Å². The number of furan rings is 2. The van der Waals surface area contributed by atoms with E-state index in [4.69, 9.17) is 8.83 Å². The molecule has 0 N–H and O–H groups in total. The van der Waals surface area contributed by atoms with Crippen molar-refractivity contribution < 1.29 is 8.83 Å². The molecule has 0 aliphatic rings. The van der Waals surface area contributed by atoms with Gasteiger partial charge in [-0.05, 0) is 28.9 Å². The molecule has 2 rings (SSSR count). The van der Waals surface area contributed by atoms with E-state index in [1.165, 1.54) is 0 Å². The second-order valence-corrected chi connectivity index (χ2v) is 2.93. The van der Waals surface area contributed by atoms with Gasteiger partial charge in [0.15, 0.2) is 4.67 Å². The Hall–Kier alpha value is -0.700. The molecule has 0 spiro atoms.